The Balaban J connectivity index is 1.80. The van der Waals surface area contributed by atoms with E-state index in [1.165, 1.54) is 12.1 Å². The van der Waals surface area contributed by atoms with Crippen molar-refractivity contribution in [2.45, 2.75) is 13.0 Å². The molecule has 2 N–H and O–H groups in total. The molecule has 136 valence electrons. The second-order valence-corrected chi connectivity index (χ2v) is 6.68. The lowest BCUT2D eigenvalue weighted by Crippen LogP contribution is -2.43. The van der Waals surface area contributed by atoms with Crippen molar-refractivity contribution in [3.63, 3.8) is 0 Å². The SMILES string of the molecule is OCCc1ccc2nc(-c3ccc(F)cc3)c(CN3CCNCC3)n2c1. The summed E-state index contributed by atoms with van der Waals surface area (Å²) in [6, 6.07) is 10.5. The number of fused-ring (bicyclic) bond motifs is 1. The van der Waals surface area contributed by atoms with Crippen LogP contribution in [0, 0.1) is 5.82 Å². The molecule has 0 atom stereocenters. The minimum absolute atomic E-state index is 0.123. The first-order valence-electron chi connectivity index (χ1n) is 9.04. The molecule has 2 aromatic heterocycles. The maximum Gasteiger partial charge on any atom is 0.137 e. The highest BCUT2D eigenvalue weighted by Gasteiger charge is 2.19. The lowest BCUT2D eigenvalue weighted by Gasteiger charge is -2.27. The van der Waals surface area contributed by atoms with E-state index in [0.717, 1.165) is 60.9 Å². The number of hydrogen-bond acceptors (Lipinski definition) is 4. The van der Waals surface area contributed by atoms with E-state index in [0.29, 0.717) is 6.42 Å². The summed E-state index contributed by atoms with van der Waals surface area (Å²) >= 11 is 0. The highest BCUT2D eigenvalue weighted by atomic mass is 19.1. The predicted molar refractivity (Wildman–Crippen MR) is 99.5 cm³/mol. The molecule has 3 aromatic rings. The average molecular weight is 354 g/mol. The summed E-state index contributed by atoms with van der Waals surface area (Å²) in [5.41, 5.74) is 4.86. The van der Waals surface area contributed by atoms with Crippen LogP contribution >= 0.6 is 0 Å². The first-order valence-corrected chi connectivity index (χ1v) is 9.04. The number of halogens is 1. The Morgan fingerprint density at radius 2 is 1.85 bits per heavy atom. The predicted octanol–water partition coefficient (Wildman–Crippen LogP) is 2.08. The molecule has 5 nitrogen and oxygen atoms in total. The number of hydrogen-bond donors (Lipinski definition) is 2. The molecular formula is C20H23FN4O. The van der Waals surface area contributed by atoms with Gasteiger partial charge in [0, 0.05) is 51.1 Å². The van der Waals surface area contributed by atoms with Crippen molar-refractivity contribution in [1.82, 2.24) is 19.6 Å². The van der Waals surface area contributed by atoms with Crippen LogP contribution in [0.5, 0.6) is 0 Å². The molecule has 0 bridgehead atoms. The number of imidazole rings is 1. The molecule has 0 aliphatic carbocycles. The highest BCUT2D eigenvalue weighted by Crippen LogP contribution is 2.26. The second-order valence-electron chi connectivity index (χ2n) is 6.68. The molecule has 0 unspecified atom stereocenters. The zero-order chi connectivity index (χ0) is 17.9. The van der Waals surface area contributed by atoms with Crippen LogP contribution in [0.15, 0.2) is 42.6 Å². The molecule has 0 spiro atoms. The third-order valence-corrected chi connectivity index (χ3v) is 4.88. The molecule has 1 fully saturated rings. The van der Waals surface area contributed by atoms with E-state index in [-0.39, 0.29) is 12.4 Å². The topological polar surface area (TPSA) is 52.8 Å². The van der Waals surface area contributed by atoms with Gasteiger partial charge in [-0.3, -0.25) is 4.90 Å². The molecule has 1 saturated heterocycles. The number of aliphatic hydroxyl groups excluding tert-OH is 1. The number of pyridine rings is 1. The Morgan fingerprint density at radius 3 is 2.58 bits per heavy atom. The van der Waals surface area contributed by atoms with Gasteiger partial charge in [0.2, 0.25) is 0 Å². The van der Waals surface area contributed by atoms with Gasteiger partial charge in [-0.2, -0.15) is 0 Å². The molecule has 26 heavy (non-hydrogen) atoms. The number of benzene rings is 1. The molecule has 0 saturated carbocycles. The standard InChI is InChI=1S/C20H23FN4O/c21-17-4-2-16(3-5-17)20-18(14-24-10-8-22-9-11-24)25-13-15(7-12-26)1-6-19(25)23-20/h1-6,13,22,26H,7-12,14H2. The van der Waals surface area contributed by atoms with Gasteiger partial charge in [-0.1, -0.05) is 6.07 Å². The molecule has 1 aliphatic heterocycles. The van der Waals surface area contributed by atoms with Gasteiger partial charge >= 0.3 is 0 Å². The van der Waals surface area contributed by atoms with E-state index < -0.39 is 0 Å². The lowest BCUT2D eigenvalue weighted by molar-refractivity contribution is 0.230. The van der Waals surface area contributed by atoms with Gasteiger partial charge in [0.05, 0.1) is 11.4 Å². The van der Waals surface area contributed by atoms with Gasteiger partial charge in [-0.15, -0.1) is 0 Å². The normalized spacial score (nSPS) is 15.6. The Labute approximate surface area is 152 Å². The molecule has 3 heterocycles. The van der Waals surface area contributed by atoms with Gasteiger partial charge in [-0.05, 0) is 42.3 Å². The van der Waals surface area contributed by atoms with Crippen molar-refractivity contribution in [3.05, 3.63) is 59.7 Å². The van der Waals surface area contributed by atoms with Gasteiger partial charge in [0.1, 0.15) is 11.5 Å². The third-order valence-electron chi connectivity index (χ3n) is 4.88. The monoisotopic (exact) mass is 354 g/mol. The fraction of sp³-hybridized carbons (Fsp3) is 0.350. The Bertz CT molecular complexity index is 885. The maximum absolute atomic E-state index is 13.4. The molecule has 1 aliphatic rings. The van der Waals surface area contributed by atoms with Gasteiger partial charge in [-0.25, -0.2) is 9.37 Å². The minimum atomic E-state index is -0.244. The summed E-state index contributed by atoms with van der Waals surface area (Å²) in [4.78, 5) is 7.22. The van der Waals surface area contributed by atoms with Gasteiger partial charge in [0.15, 0.2) is 0 Å². The van der Waals surface area contributed by atoms with E-state index in [1.54, 1.807) is 12.1 Å². The van der Waals surface area contributed by atoms with E-state index in [1.807, 2.05) is 12.1 Å². The second kappa shape index (κ2) is 7.53. The van der Waals surface area contributed by atoms with Crippen LogP contribution in [0.25, 0.3) is 16.9 Å². The largest absolute Gasteiger partial charge is 0.396 e. The highest BCUT2D eigenvalue weighted by molar-refractivity contribution is 5.66. The van der Waals surface area contributed by atoms with Crippen LogP contribution in [-0.2, 0) is 13.0 Å². The summed E-state index contributed by atoms with van der Waals surface area (Å²) in [5.74, 6) is -0.244. The molecule has 4 rings (SSSR count). The summed E-state index contributed by atoms with van der Waals surface area (Å²) in [5, 5.41) is 12.6. The number of rotatable bonds is 5. The van der Waals surface area contributed by atoms with E-state index >= 15 is 0 Å². The van der Waals surface area contributed by atoms with E-state index in [4.69, 9.17) is 4.98 Å². The summed E-state index contributed by atoms with van der Waals surface area (Å²) in [6.07, 6.45) is 2.68. The zero-order valence-electron chi connectivity index (χ0n) is 14.7. The quantitative estimate of drug-likeness (QED) is 0.737. The summed E-state index contributed by atoms with van der Waals surface area (Å²) < 4.78 is 15.5. The van der Waals surface area contributed by atoms with Crippen molar-refractivity contribution < 1.29 is 9.50 Å². The Morgan fingerprint density at radius 1 is 1.08 bits per heavy atom. The number of piperazine rings is 1. The van der Waals surface area contributed by atoms with Crippen molar-refractivity contribution >= 4 is 5.65 Å². The van der Waals surface area contributed by atoms with Crippen LogP contribution in [0.2, 0.25) is 0 Å². The van der Waals surface area contributed by atoms with Crippen molar-refractivity contribution in [2.75, 3.05) is 32.8 Å². The number of nitrogens with zero attached hydrogens (tertiary/aromatic N) is 3. The first kappa shape index (κ1) is 17.1. The number of nitrogens with one attached hydrogen (secondary N) is 1. The van der Waals surface area contributed by atoms with E-state index in [9.17, 15) is 9.50 Å². The van der Waals surface area contributed by atoms with Gasteiger partial charge < -0.3 is 14.8 Å². The smallest absolute Gasteiger partial charge is 0.137 e. The van der Waals surface area contributed by atoms with Crippen LogP contribution in [-0.4, -0.2) is 52.2 Å². The Hall–Kier alpha value is -2.28. The molecule has 0 amide bonds. The molecule has 0 radical (unpaired) electrons. The zero-order valence-corrected chi connectivity index (χ0v) is 14.7. The van der Waals surface area contributed by atoms with E-state index in [2.05, 4.69) is 20.8 Å². The summed E-state index contributed by atoms with van der Waals surface area (Å²) in [6.45, 7) is 4.87. The van der Waals surface area contributed by atoms with Crippen molar-refractivity contribution in [2.24, 2.45) is 0 Å². The molecular weight excluding hydrogens is 331 g/mol. The summed E-state index contributed by atoms with van der Waals surface area (Å²) in [7, 11) is 0. The van der Waals surface area contributed by atoms with Crippen LogP contribution in [0.3, 0.4) is 0 Å². The Kier molecular flexibility index (Phi) is 4.97. The fourth-order valence-corrected chi connectivity index (χ4v) is 3.49. The van der Waals surface area contributed by atoms with Crippen molar-refractivity contribution in [1.29, 1.82) is 0 Å². The number of aliphatic hydroxyl groups is 1. The van der Waals surface area contributed by atoms with Crippen LogP contribution < -0.4 is 5.32 Å². The molecule has 6 heteroatoms. The van der Waals surface area contributed by atoms with Crippen LogP contribution in [0.1, 0.15) is 11.3 Å². The third kappa shape index (κ3) is 3.49. The fourth-order valence-electron chi connectivity index (χ4n) is 3.49. The average Bonchev–Trinajstić information content (AvgIpc) is 3.01. The maximum atomic E-state index is 13.4. The molecule has 1 aromatic carbocycles. The first-order chi connectivity index (χ1) is 12.7. The van der Waals surface area contributed by atoms with Gasteiger partial charge in [0.25, 0.3) is 0 Å². The minimum Gasteiger partial charge on any atom is -0.396 e. The van der Waals surface area contributed by atoms with Crippen LogP contribution in [0.4, 0.5) is 4.39 Å². The lowest BCUT2D eigenvalue weighted by atomic mass is 10.1. The number of aromatic nitrogens is 2. The van der Waals surface area contributed by atoms with Crippen molar-refractivity contribution in [3.8, 4) is 11.3 Å².